The first-order valence-corrected chi connectivity index (χ1v) is 6.99. The summed E-state index contributed by atoms with van der Waals surface area (Å²) in [5.41, 5.74) is 0.186. The molecule has 0 aromatic carbocycles. The van der Waals surface area contributed by atoms with Gasteiger partial charge in [-0.2, -0.15) is 15.0 Å². The molecule has 1 fully saturated rings. The molecule has 6 heteroatoms. The van der Waals surface area contributed by atoms with E-state index < -0.39 is 5.56 Å². The maximum Gasteiger partial charge on any atom is 0.289 e. The van der Waals surface area contributed by atoms with E-state index in [1.54, 1.807) is 12.3 Å². The highest BCUT2D eigenvalue weighted by molar-refractivity contribution is 5.41. The van der Waals surface area contributed by atoms with E-state index in [1.807, 2.05) is 12.1 Å². The van der Waals surface area contributed by atoms with Gasteiger partial charge in [-0.05, 0) is 31.0 Å². The van der Waals surface area contributed by atoms with E-state index in [1.165, 1.54) is 42.6 Å². The van der Waals surface area contributed by atoms with Crippen LogP contribution < -0.4 is 10.9 Å². The maximum absolute atomic E-state index is 12.0. The standard InChI is InChI=1S/C15H15N5O/c16-9-11-7-8-18-20(15(11)21)13-5-6-14(17-10-13)19-12-3-1-2-4-12/h5-8,10,12H,1-4H2,(H,17,19). The Labute approximate surface area is 122 Å². The highest BCUT2D eigenvalue weighted by Crippen LogP contribution is 2.21. The molecule has 0 unspecified atom stereocenters. The van der Waals surface area contributed by atoms with Crippen LogP contribution >= 0.6 is 0 Å². The molecule has 1 aliphatic rings. The van der Waals surface area contributed by atoms with E-state index in [0.717, 1.165) is 5.82 Å². The van der Waals surface area contributed by atoms with Gasteiger partial charge in [0.15, 0.2) is 0 Å². The molecule has 0 bridgehead atoms. The number of rotatable bonds is 3. The summed E-state index contributed by atoms with van der Waals surface area (Å²) in [4.78, 5) is 16.3. The van der Waals surface area contributed by atoms with E-state index in [9.17, 15) is 4.79 Å². The number of nitrogens with one attached hydrogen (secondary N) is 1. The van der Waals surface area contributed by atoms with Crippen LogP contribution in [0.4, 0.5) is 5.82 Å². The van der Waals surface area contributed by atoms with Crippen LogP contribution in [0.15, 0.2) is 35.4 Å². The minimum Gasteiger partial charge on any atom is -0.367 e. The second kappa shape index (κ2) is 5.75. The number of anilines is 1. The molecule has 0 radical (unpaired) electrons. The second-order valence-corrected chi connectivity index (χ2v) is 5.10. The van der Waals surface area contributed by atoms with Crippen molar-refractivity contribution in [3.8, 4) is 11.8 Å². The van der Waals surface area contributed by atoms with Gasteiger partial charge < -0.3 is 5.32 Å². The molecule has 3 rings (SSSR count). The van der Waals surface area contributed by atoms with Gasteiger partial charge in [0.2, 0.25) is 0 Å². The van der Waals surface area contributed by atoms with Gasteiger partial charge in [-0.25, -0.2) is 4.98 Å². The summed E-state index contributed by atoms with van der Waals surface area (Å²) in [6, 6.07) is 7.37. The van der Waals surface area contributed by atoms with Gasteiger partial charge in [-0.15, -0.1) is 0 Å². The van der Waals surface area contributed by atoms with Crippen LogP contribution in [-0.2, 0) is 0 Å². The average molecular weight is 281 g/mol. The van der Waals surface area contributed by atoms with Gasteiger partial charge in [-0.1, -0.05) is 12.8 Å². The Hall–Kier alpha value is -2.68. The Morgan fingerprint density at radius 3 is 2.76 bits per heavy atom. The largest absolute Gasteiger partial charge is 0.367 e. The lowest BCUT2D eigenvalue weighted by molar-refractivity contribution is 0.749. The van der Waals surface area contributed by atoms with Crippen molar-refractivity contribution in [3.63, 3.8) is 0 Å². The predicted octanol–water partition coefficient (Wildman–Crippen LogP) is 1.85. The number of hydrogen-bond acceptors (Lipinski definition) is 5. The Kier molecular flexibility index (Phi) is 3.65. The van der Waals surface area contributed by atoms with Crippen molar-refractivity contribution >= 4 is 5.82 Å². The van der Waals surface area contributed by atoms with E-state index in [2.05, 4.69) is 15.4 Å². The maximum atomic E-state index is 12.0. The molecule has 0 saturated heterocycles. The van der Waals surface area contributed by atoms with Crippen molar-refractivity contribution < 1.29 is 0 Å². The Bertz CT molecular complexity index is 723. The van der Waals surface area contributed by atoms with Gasteiger partial charge in [0.05, 0.1) is 11.9 Å². The summed E-state index contributed by atoms with van der Waals surface area (Å²) in [5.74, 6) is 0.801. The second-order valence-electron chi connectivity index (χ2n) is 5.10. The third kappa shape index (κ3) is 2.77. The lowest BCUT2D eigenvalue weighted by Gasteiger charge is -2.12. The van der Waals surface area contributed by atoms with Crippen LogP contribution in [0, 0.1) is 11.3 Å². The Balaban J connectivity index is 1.84. The molecule has 0 spiro atoms. The summed E-state index contributed by atoms with van der Waals surface area (Å²) in [5, 5.41) is 16.2. The molecule has 6 nitrogen and oxygen atoms in total. The molecule has 21 heavy (non-hydrogen) atoms. The van der Waals surface area contributed by atoms with E-state index in [-0.39, 0.29) is 5.56 Å². The first-order chi connectivity index (χ1) is 10.3. The van der Waals surface area contributed by atoms with Gasteiger partial charge >= 0.3 is 0 Å². The smallest absolute Gasteiger partial charge is 0.289 e. The first kappa shape index (κ1) is 13.3. The minimum atomic E-state index is -0.432. The molecule has 2 heterocycles. The fourth-order valence-corrected chi connectivity index (χ4v) is 2.56. The van der Waals surface area contributed by atoms with Crippen LogP contribution in [0.2, 0.25) is 0 Å². The minimum absolute atomic E-state index is 0.0677. The van der Waals surface area contributed by atoms with Crippen molar-refractivity contribution in [1.29, 1.82) is 5.26 Å². The molecule has 2 aromatic rings. The summed E-state index contributed by atoms with van der Waals surface area (Å²) in [6.07, 6.45) is 7.90. The molecule has 0 aliphatic heterocycles. The summed E-state index contributed by atoms with van der Waals surface area (Å²) >= 11 is 0. The van der Waals surface area contributed by atoms with Crippen molar-refractivity contribution in [1.82, 2.24) is 14.8 Å². The van der Waals surface area contributed by atoms with Crippen LogP contribution in [0.1, 0.15) is 31.2 Å². The highest BCUT2D eigenvalue weighted by atomic mass is 16.1. The molecule has 106 valence electrons. The zero-order valence-corrected chi connectivity index (χ0v) is 11.5. The fourth-order valence-electron chi connectivity index (χ4n) is 2.56. The Morgan fingerprint density at radius 2 is 2.10 bits per heavy atom. The molecule has 1 N–H and O–H groups in total. The number of nitrogens with zero attached hydrogens (tertiary/aromatic N) is 4. The first-order valence-electron chi connectivity index (χ1n) is 6.99. The van der Waals surface area contributed by atoms with Crippen LogP contribution in [0.25, 0.3) is 5.69 Å². The molecular formula is C15H15N5O. The normalized spacial score (nSPS) is 14.8. The summed E-state index contributed by atoms with van der Waals surface area (Å²) in [6.45, 7) is 0. The van der Waals surface area contributed by atoms with Gasteiger partial charge in [0.25, 0.3) is 5.56 Å². The lowest BCUT2D eigenvalue weighted by atomic mass is 10.2. The number of pyridine rings is 1. The van der Waals surface area contributed by atoms with Crippen molar-refractivity contribution in [2.24, 2.45) is 0 Å². The number of hydrogen-bond donors (Lipinski definition) is 1. The molecule has 0 atom stereocenters. The quantitative estimate of drug-likeness (QED) is 0.928. The monoisotopic (exact) mass is 281 g/mol. The Morgan fingerprint density at radius 1 is 1.29 bits per heavy atom. The van der Waals surface area contributed by atoms with Crippen LogP contribution in [-0.4, -0.2) is 20.8 Å². The van der Waals surface area contributed by atoms with Crippen molar-refractivity contribution in [2.75, 3.05) is 5.32 Å². The third-order valence-electron chi connectivity index (χ3n) is 3.67. The molecule has 2 aromatic heterocycles. The zero-order valence-electron chi connectivity index (χ0n) is 11.5. The molecule has 0 amide bonds. The third-order valence-corrected chi connectivity index (χ3v) is 3.67. The van der Waals surface area contributed by atoms with E-state index >= 15 is 0 Å². The number of nitriles is 1. The SMILES string of the molecule is N#Cc1ccnn(-c2ccc(NC3CCCC3)nc2)c1=O. The van der Waals surface area contributed by atoms with Gasteiger partial charge in [0.1, 0.15) is 17.5 Å². The van der Waals surface area contributed by atoms with Crippen molar-refractivity contribution in [2.45, 2.75) is 31.7 Å². The van der Waals surface area contributed by atoms with E-state index in [0.29, 0.717) is 11.7 Å². The molecule has 1 saturated carbocycles. The average Bonchev–Trinajstić information content (AvgIpc) is 3.01. The highest BCUT2D eigenvalue weighted by Gasteiger charge is 2.15. The molecular weight excluding hydrogens is 266 g/mol. The van der Waals surface area contributed by atoms with E-state index in [4.69, 9.17) is 5.26 Å². The van der Waals surface area contributed by atoms with Crippen LogP contribution in [0.5, 0.6) is 0 Å². The lowest BCUT2D eigenvalue weighted by Crippen LogP contribution is -2.23. The fraction of sp³-hybridized carbons (Fsp3) is 0.333. The summed E-state index contributed by atoms with van der Waals surface area (Å²) in [7, 11) is 0. The predicted molar refractivity (Wildman–Crippen MR) is 78.2 cm³/mol. The molecule has 1 aliphatic carbocycles. The van der Waals surface area contributed by atoms with Gasteiger partial charge in [0, 0.05) is 12.2 Å². The number of aromatic nitrogens is 3. The van der Waals surface area contributed by atoms with Gasteiger partial charge in [-0.3, -0.25) is 4.79 Å². The van der Waals surface area contributed by atoms with Crippen LogP contribution in [0.3, 0.4) is 0 Å². The van der Waals surface area contributed by atoms with Crippen molar-refractivity contribution in [3.05, 3.63) is 46.5 Å². The zero-order chi connectivity index (χ0) is 14.7. The summed E-state index contributed by atoms with van der Waals surface area (Å²) < 4.78 is 1.19. The topological polar surface area (TPSA) is 83.6 Å².